The zero-order valence-corrected chi connectivity index (χ0v) is 16.0. The Labute approximate surface area is 157 Å². The van der Waals surface area contributed by atoms with Crippen LogP contribution in [-0.2, 0) is 4.79 Å². The molecule has 2 aromatic heterocycles. The van der Waals surface area contributed by atoms with Crippen LogP contribution in [0.3, 0.4) is 0 Å². The highest BCUT2D eigenvalue weighted by Crippen LogP contribution is 2.22. The summed E-state index contributed by atoms with van der Waals surface area (Å²) in [5.41, 5.74) is 0.902. The smallest absolute Gasteiger partial charge is 0.270 e. The Bertz CT molecular complexity index is 729. The van der Waals surface area contributed by atoms with Crippen molar-refractivity contribution in [1.82, 2.24) is 15.6 Å². The summed E-state index contributed by atoms with van der Waals surface area (Å²) in [5, 5.41) is 17.2. The number of nitrogens with one attached hydrogen (secondary N) is 2. The van der Waals surface area contributed by atoms with E-state index in [1.807, 2.05) is 23.6 Å². The summed E-state index contributed by atoms with van der Waals surface area (Å²) in [6, 6.07) is 7.98. The van der Waals surface area contributed by atoms with Gasteiger partial charge in [0.15, 0.2) is 0 Å². The molecule has 6 nitrogen and oxygen atoms in total. The molecular formula is C19H25N3O3S. The number of aliphatic hydroxyl groups excluding tert-OH is 1. The van der Waals surface area contributed by atoms with Gasteiger partial charge in [-0.25, -0.2) is 4.98 Å². The molecule has 0 aliphatic carbocycles. The lowest BCUT2D eigenvalue weighted by Crippen LogP contribution is -2.52. The molecule has 2 atom stereocenters. The van der Waals surface area contributed by atoms with Crippen molar-refractivity contribution < 1.29 is 14.7 Å². The van der Waals surface area contributed by atoms with Gasteiger partial charge in [0.05, 0.1) is 16.7 Å². The number of aromatic nitrogens is 1. The Morgan fingerprint density at radius 2 is 1.96 bits per heavy atom. The first-order chi connectivity index (χ1) is 12.4. The minimum absolute atomic E-state index is 0.205. The molecule has 0 aliphatic heterocycles. The predicted octanol–water partition coefficient (Wildman–Crippen LogP) is 2.45. The van der Waals surface area contributed by atoms with Crippen molar-refractivity contribution in [1.29, 1.82) is 0 Å². The van der Waals surface area contributed by atoms with Crippen LogP contribution in [0, 0.1) is 5.92 Å². The van der Waals surface area contributed by atoms with Gasteiger partial charge in [0.25, 0.3) is 5.91 Å². The normalized spacial score (nSPS) is 13.3. The Morgan fingerprint density at radius 1 is 1.19 bits per heavy atom. The van der Waals surface area contributed by atoms with Crippen LogP contribution >= 0.6 is 11.3 Å². The maximum absolute atomic E-state index is 12.5. The zero-order chi connectivity index (χ0) is 19.1. The van der Waals surface area contributed by atoms with E-state index in [9.17, 15) is 14.7 Å². The summed E-state index contributed by atoms with van der Waals surface area (Å²) in [7, 11) is 0. The Hall–Kier alpha value is -2.25. The number of carbonyl (C=O) groups is 2. The van der Waals surface area contributed by atoms with E-state index in [2.05, 4.69) is 29.5 Å². The molecule has 2 amide bonds. The van der Waals surface area contributed by atoms with Gasteiger partial charge in [0.2, 0.25) is 5.91 Å². The number of pyridine rings is 1. The summed E-state index contributed by atoms with van der Waals surface area (Å²) < 4.78 is 0. The molecule has 0 saturated heterocycles. The minimum Gasteiger partial charge on any atom is -0.391 e. The molecule has 7 heteroatoms. The second-order valence-corrected chi connectivity index (χ2v) is 7.50. The van der Waals surface area contributed by atoms with E-state index in [4.69, 9.17) is 0 Å². The van der Waals surface area contributed by atoms with Crippen LogP contribution in [0.15, 0.2) is 35.7 Å². The molecule has 0 radical (unpaired) electrons. The van der Waals surface area contributed by atoms with Crippen molar-refractivity contribution >= 4 is 23.2 Å². The summed E-state index contributed by atoms with van der Waals surface area (Å²) in [6.07, 6.45) is -0.185. The van der Waals surface area contributed by atoms with Gasteiger partial charge in [-0.2, -0.15) is 0 Å². The number of carbonyl (C=O) groups excluding carboxylic acids is 2. The van der Waals surface area contributed by atoms with E-state index < -0.39 is 24.0 Å². The van der Waals surface area contributed by atoms with Crippen LogP contribution in [0.1, 0.15) is 37.7 Å². The Morgan fingerprint density at radius 3 is 2.58 bits per heavy atom. The highest BCUT2D eigenvalue weighted by atomic mass is 32.1. The topological polar surface area (TPSA) is 91.3 Å². The van der Waals surface area contributed by atoms with Gasteiger partial charge in [-0.1, -0.05) is 26.0 Å². The van der Waals surface area contributed by atoms with Gasteiger partial charge in [-0.05, 0) is 42.8 Å². The lowest BCUT2D eigenvalue weighted by atomic mass is 10.1. The molecule has 0 bridgehead atoms. The van der Waals surface area contributed by atoms with E-state index in [1.165, 1.54) is 18.3 Å². The monoisotopic (exact) mass is 375 g/mol. The van der Waals surface area contributed by atoms with Gasteiger partial charge >= 0.3 is 0 Å². The second-order valence-electron chi connectivity index (χ2n) is 6.55. The van der Waals surface area contributed by atoms with Gasteiger partial charge in [-0.15, -0.1) is 11.3 Å². The fraction of sp³-hybridized carbons (Fsp3) is 0.421. The average molecular weight is 375 g/mol. The van der Waals surface area contributed by atoms with Crippen LogP contribution in [0.2, 0.25) is 0 Å². The lowest BCUT2D eigenvalue weighted by molar-refractivity contribution is -0.125. The quantitative estimate of drug-likeness (QED) is 0.661. The number of amides is 2. The van der Waals surface area contributed by atoms with Crippen molar-refractivity contribution in [3.63, 3.8) is 0 Å². The molecule has 0 aliphatic rings. The van der Waals surface area contributed by atoms with E-state index in [-0.39, 0.29) is 5.69 Å². The van der Waals surface area contributed by atoms with Gasteiger partial charge in [0.1, 0.15) is 11.7 Å². The van der Waals surface area contributed by atoms with Crippen molar-refractivity contribution in [3.05, 3.63) is 41.4 Å². The number of hydrogen-bond acceptors (Lipinski definition) is 5. The third kappa shape index (κ3) is 5.64. The predicted molar refractivity (Wildman–Crippen MR) is 103 cm³/mol. The lowest BCUT2D eigenvalue weighted by Gasteiger charge is -2.21. The standard InChI is InChI=1S/C19H25N3O3S/c1-12(2)9-10-20-19(25)17(13(3)23)22-18(24)15-7-4-6-14(21-15)16-8-5-11-26-16/h4-8,11-13,17,23H,9-10H2,1-3H3,(H,20,25)(H,22,24)/t13-,17+/m1/s1. The van der Waals surface area contributed by atoms with Crippen LogP contribution in [0.25, 0.3) is 10.6 Å². The number of aliphatic hydroxyl groups is 1. The molecule has 2 aromatic rings. The summed E-state index contributed by atoms with van der Waals surface area (Å²) in [5.74, 6) is -0.434. The molecule has 3 N–H and O–H groups in total. The highest BCUT2D eigenvalue weighted by Gasteiger charge is 2.26. The fourth-order valence-electron chi connectivity index (χ4n) is 2.34. The molecule has 0 unspecified atom stereocenters. The molecular weight excluding hydrogens is 350 g/mol. The van der Waals surface area contributed by atoms with Crippen LogP contribution in [0.4, 0.5) is 0 Å². The average Bonchev–Trinajstić information content (AvgIpc) is 3.13. The number of nitrogens with zero attached hydrogens (tertiary/aromatic N) is 1. The van der Waals surface area contributed by atoms with E-state index in [0.29, 0.717) is 18.2 Å². The fourth-order valence-corrected chi connectivity index (χ4v) is 3.03. The molecule has 0 fully saturated rings. The first kappa shape index (κ1) is 20.1. The first-order valence-corrected chi connectivity index (χ1v) is 9.54. The maximum Gasteiger partial charge on any atom is 0.270 e. The zero-order valence-electron chi connectivity index (χ0n) is 15.2. The first-order valence-electron chi connectivity index (χ1n) is 8.66. The molecule has 0 saturated carbocycles. The Kier molecular flexibility index (Phi) is 7.29. The molecule has 0 aromatic carbocycles. The van der Waals surface area contributed by atoms with Gasteiger partial charge in [-0.3, -0.25) is 9.59 Å². The number of thiophene rings is 1. The number of hydrogen-bond donors (Lipinski definition) is 3. The third-order valence-corrected chi connectivity index (χ3v) is 4.72. The molecule has 2 rings (SSSR count). The van der Waals surface area contributed by atoms with E-state index in [1.54, 1.807) is 12.1 Å². The third-order valence-electron chi connectivity index (χ3n) is 3.83. The Balaban J connectivity index is 2.05. The highest BCUT2D eigenvalue weighted by molar-refractivity contribution is 7.13. The largest absolute Gasteiger partial charge is 0.391 e. The number of rotatable bonds is 8. The molecule has 140 valence electrons. The van der Waals surface area contributed by atoms with Crippen LogP contribution < -0.4 is 10.6 Å². The van der Waals surface area contributed by atoms with Crippen molar-refractivity contribution in [3.8, 4) is 10.6 Å². The van der Waals surface area contributed by atoms with E-state index in [0.717, 1.165) is 11.3 Å². The summed E-state index contributed by atoms with van der Waals surface area (Å²) in [4.78, 5) is 30.1. The van der Waals surface area contributed by atoms with Crippen LogP contribution in [-0.4, -0.2) is 40.6 Å². The molecule has 26 heavy (non-hydrogen) atoms. The van der Waals surface area contributed by atoms with Gasteiger partial charge in [0, 0.05) is 6.54 Å². The minimum atomic E-state index is -1.03. The van der Waals surface area contributed by atoms with Crippen molar-refractivity contribution in [2.75, 3.05) is 6.54 Å². The maximum atomic E-state index is 12.5. The molecule has 0 spiro atoms. The van der Waals surface area contributed by atoms with Crippen molar-refractivity contribution in [2.24, 2.45) is 5.92 Å². The SMILES string of the molecule is CC(C)CCNC(=O)[C@@H](NC(=O)c1cccc(-c2cccs2)n1)[C@@H](C)O. The van der Waals surface area contributed by atoms with Crippen molar-refractivity contribution in [2.45, 2.75) is 39.3 Å². The van der Waals surface area contributed by atoms with E-state index >= 15 is 0 Å². The summed E-state index contributed by atoms with van der Waals surface area (Å²) in [6.45, 7) is 6.10. The molecule has 2 heterocycles. The summed E-state index contributed by atoms with van der Waals surface area (Å²) >= 11 is 1.53. The van der Waals surface area contributed by atoms with Gasteiger partial charge < -0.3 is 15.7 Å². The van der Waals surface area contributed by atoms with Crippen LogP contribution in [0.5, 0.6) is 0 Å². The second kappa shape index (κ2) is 9.45.